The lowest BCUT2D eigenvalue weighted by atomic mass is 10.2. The first-order valence-electron chi connectivity index (χ1n) is 6.73. The van der Waals surface area contributed by atoms with Crippen LogP contribution >= 0.6 is 11.3 Å². The molecule has 1 aliphatic rings. The molecule has 4 heteroatoms. The van der Waals surface area contributed by atoms with Crippen molar-refractivity contribution in [3.8, 4) is 0 Å². The molecule has 3 rings (SSSR count). The minimum atomic E-state index is 0.694. The van der Waals surface area contributed by atoms with Crippen molar-refractivity contribution < 1.29 is 0 Å². The average molecular weight is 273 g/mol. The molecule has 0 aliphatic heterocycles. The molecule has 2 aromatic rings. The normalized spacial score (nSPS) is 14.6. The molecule has 3 nitrogen and oxygen atoms in total. The minimum Gasteiger partial charge on any atom is -0.363 e. The second-order valence-corrected chi connectivity index (χ2v) is 5.81. The summed E-state index contributed by atoms with van der Waals surface area (Å²) in [5.41, 5.74) is 4.02. The van der Waals surface area contributed by atoms with E-state index in [2.05, 4.69) is 38.1 Å². The SMILES string of the molecule is CNCc1ccncc1N(Cc1ccsc1)C1CC1. The summed E-state index contributed by atoms with van der Waals surface area (Å²) < 4.78 is 0. The number of pyridine rings is 1. The summed E-state index contributed by atoms with van der Waals surface area (Å²) in [4.78, 5) is 6.84. The highest BCUT2D eigenvalue weighted by Crippen LogP contribution is 2.34. The van der Waals surface area contributed by atoms with Gasteiger partial charge in [0.05, 0.1) is 11.9 Å². The summed E-state index contributed by atoms with van der Waals surface area (Å²) in [6.07, 6.45) is 6.50. The van der Waals surface area contributed by atoms with Crippen LogP contribution < -0.4 is 10.2 Å². The van der Waals surface area contributed by atoms with E-state index < -0.39 is 0 Å². The van der Waals surface area contributed by atoms with Gasteiger partial charge in [0.25, 0.3) is 0 Å². The molecule has 1 N–H and O–H groups in total. The molecule has 0 amide bonds. The van der Waals surface area contributed by atoms with Crippen LogP contribution in [0.5, 0.6) is 0 Å². The summed E-state index contributed by atoms with van der Waals surface area (Å²) in [5.74, 6) is 0. The molecule has 19 heavy (non-hydrogen) atoms. The van der Waals surface area contributed by atoms with Gasteiger partial charge in [0, 0.05) is 25.3 Å². The standard InChI is InChI=1S/C15H19N3S/c1-16-8-13-4-6-17-9-15(13)18(14-2-3-14)10-12-5-7-19-11-12/h4-7,9,11,14,16H,2-3,8,10H2,1H3. The van der Waals surface area contributed by atoms with Crippen molar-refractivity contribution >= 4 is 17.0 Å². The summed E-state index contributed by atoms with van der Waals surface area (Å²) >= 11 is 1.77. The molecule has 0 atom stereocenters. The van der Waals surface area contributed by atoms with Gasteiger partial charge < -0.3 is 10.2 Å². The lowest BCUT2D eigenvalue weighted by Gasteiger charge is -2.26. The molecule has 2 heterocycles. The smallest absolute Gasteiger partial charge is 0.0603 e. The molecule has 0 bridgehead atoms. The number of rotatable bonds is 6. The van der Waals surface area contributed by atoms with E-state index in [4.69, 9.17) is 0 Å². The second-order valence-electron chi connectivity index (χ2n) is 5.03. The van der Waals surface area contributed by atoms with E-state index >= 15 is 0 Å². The zero-order valence-electron chi connectivity index (χ0n) is 11.2. The Hall–Kier alpha value is -1.39. The van der Waals surface area contributed by atoms with Crippen LogP contribution in [0.1, 0.15) is 24.0 Å². The van der Waals surface area contributed by atoms with Gasteiger partial charge in [-0.3, -0.25) is 4.98 Å². The van der Waals surface area contributed by atoms with E-state index in [1.165, 1.54) is 29.7 Å². The third-order valence-electron chi connectivity index (χ3n) is 3.48. The largest absolute Gasteiger partial charge is 0.363 e. The van der Waals surface area contributed by atoms with Gasteiger partial charge in [0.2, 0.25) is 0 Å². The van der Waals surface area contributed by atoms with Crippen molar-refractivity contribution in [3.05, 3.63) is 46.4 Å². The third kappa shape index (κ3) is 2.96. The van der Waals surface area contributed by atoms with Crippen LogP contribution in [0.3, 0.4) is 0 Å². The lowest BCUT2D eigenvalue weighted by Crippen LogP contribution is -2.26. The van der Waals surface area contributed by atoms with Crippen LogP contribution in [0.4, 0.5) is 5.69 Å². The number of nitrogens with one attached hydrogen (secondary N) is 1. The highest BCUT2D eigenvalue weighted by atomic mass is 32.1. The predicted octanol–water partition coefficient (Wildman–Crippen LogP) is 3.03. The number of aromatic nitrogens is 1. The molecule has 1 saturated carbocycles. The van der Waals surface area contributed by atoms with Gasteiger partial charge in [-0.1, -0.05) is 0 Å². The van der Waals surface area contributed by atoms with Gasteiger partial charge in [-0.2, -0.15) is 11.3 Å². The lowest BCUT2D eigenvalue weighted by molar-refractivity contribution is 0.762. The monoisotopic (exact) mass is 273 g/mol. The zero-order valence-corrected chi connectivity index (χ0v) is 12.0. The highest BCUT2D eigenvalue weighted by molar-refractivity contribution is 7.07. The van der Waals surface area contributed by atoms with Crippen LogP contribution in [-0.2, 0) is 13.1 Å². The maximum atomic E-state index is 4.32. The zero-order chi connectivity index (χ0) is 13.1. The Morgan fingerprint density at radius 3 is 3.00 bits per heavy atom. The Labute approximate surface area is 118 Å². The molecular formula is C15H19N3S. The van der Waals surface area contributed by atoms with E-state index in [9.17, 15) is 0 Å². The molecule has 1 aliphatic carbocycles. The quantitative estimate of drug-likeness (QED) is 0.877. The summed E-state index contributed by atoms with van der Waals surface area (Å²) in [6, 6.07) is 5.03. The second kappa shape index (κ2) is 5.72. The van der Waals surface area contributed by atoms with E-state index in [1.807, 2.05) is 19.4 Å². The molecule has 0 unspecified atom stereocenters. The topological polar surface area (TPSA) is 28.2 Å². The van der Waals surface area contributed by atoms with Gasteiger partial charge >= 0.3 is 0 Å². The fourth-order valence-corrected chi connectivity index (χ4v) is 3.05. The van der Waals surface area contributed by atoms with Gasteiger partial charge in [0.15, 0.2) is 0 Å². The summed E-state index contributed by atoms with van der Waals surface area (Å²) in [5, 5.41) is 7.64. The van der Waals surface area contributed by atoms with Crippen LogP contribution in [0.25, 0.3) is 0 Å². The Bertz CT molecular complexity index is 520. The Morgan fingerprint density at radius 2 is 2.32 bits per heavy atom. The molecule has 1 fully saturated rings. The van der Waals surface area contributed by atoms with Gasteiger partial charge in [-0.25, -0.2) is 0 Å². The number of hydrogen-bond acceptors (Lipinski definition) is 4. The van der Waals surface area contributed by atoms with Crippen molar-refractivity contribution in [3.63, 3.8) is 0 Å². The maximum absolute atomic E-state index is 4.32. The molecular weight excluding hydrogens is 254 g/mol. The molecule has 0 aromatic carbocycles. The van der Waals surface area contributed by atoms with E-state index in [1.54, 1.807) is 11.3 Å². The van der Waals surface area contributed by atoms with Crippen molar-refractivity contribution in [1.29, 1.82) is 0 Å². The van der Waals surface area contributed by atoms with Gasteiger partial charge in [-0.05, 0) is 53.9 Å². The van der Waals surface area contributed by atoms with Crippen LogP contribution in [0.2, 0.25) is 0 Å². The van der Waals surface area contributed by atoms with Crippen molar-refractivity contribution in [2.75, 3.05) is 11.9 Å². The Kier molecular flexibility index (Phi) is 3.80. The van der Waals surface area contributed by atoms with Crippen LogP contribution in [0, 0.1) is 0 Å². The number of nitrogens with zero attached hydrogens (tertiary/aromatic N) is 2. The number of anilines is 1. The Morgan fingerprint density at radius 1 is 1.42 bits per heavy atom. The van der Waals surface area contributed by atoms with Crippen LogP contribution in [0.15, 0.2) is 35.3 Å². The number of hydrogen-bond donors (Lipinski definition) is 1. The van der Waals surface area contributed by atoms with Gasteiger partial charge in [-0.15, -0.1) is 0 Å². The van der Waals surface area contributed by atoms with Crippen molar-refractivity contribution in [2.45, 2.75) is 32.0 Å². The average Bonchev–Trinajstić information content (AvgIpc) is 3.15. The van der Waals surface area contributed by atoms with E-state index in [0.29, 0.717) is 6.04 Å². The molecule has 0 saturated heterocycles. The fraction of sp³-hybridized carbons (Fsp3) is 0.400. The first kappa shape index (κ1) is 12.6. The maximum Gasteiger partial charge on any atom is 0.0603 e. The minimum absolute atomic E-state index is 0.694. The van der Waals surface area contributed by atoms with Crippen molar-refractivity contribution in [2.24, 2.45) is 0 Å². The fourth-order valence-electron chi connectivity index (χ4n) is 2.39. The molecule has 0 radical (unpaired) electrons. The first-order valence-corrected chi connectivity index (χ1v) is 7.68. The van der Waals surface area contributed by atoms with E-state index in [-0.39, 0.29) is 0 Å². The van der Waals surface area contributed by atoms with Crippen LogP contribution in [-0.4, -0.2) is 18.1 Å². The highest BCUT2D eigenvalue weighted by Gasteiger charge is 2.30. The number of thiophene rings is 1. The molecule has 0 spiro atoms. The first-order chi connectivity index (χ1) is 9.38. The molecule has 100 valence electrons. The van der Waals surface area contributed by atoms with Crippen molar-refractivity contribution in [1.82, 2.24) is 10.3 Å². The Balaban J connectivity index is 1.87. The summed E-state index contributed by atoms with van der Waals surface area (Å²) in [6.45, 7) is 1.89. The third-order valence-corrected chi connectivity index (χ3v) is 4.22. The summed E-state index contributed by atoms with van der Waals surface area (Å²) in [7, 11) is 1.99. The predicted molar refractivity (Wildman–Crippen MR) is 80.5 cm³/mol. The van der Waals surface area contributed by atoms with Gasteiger partial charge in [0.1, 0.15) is 0 Å². The van der Waals surface area contributed by atoms with E-state index in [0.717, 1.165) is 13.1 Å². The molecule has 2 aromatic heterocycles.